The van der Waals surface area contributed by atoms with Crippen molar-refractivity contribution in [2.75, 3.05) is 25.4 Å². The standard InChI is InChI=1S/C14H22N2O3S/c1-9-6-10(2)14(11(3)13(9)15)20(18,19)16-5-4-12(7-16)8-17/h6,12,17H,4-5,7-8,15H2,1-3H3. The van der Waals surface area contributed by atoms with E-state index >= 15 is 0 Å². The van der Waals surface area contributed by atoms with Crippen LogP contribution in [0.15, 0.2) is 11.0 Å². The van der Waals surface area contributed by atoms with Gasteiger partial charge in [-0.15, -0.1) is 0 Å². The van der Waals surface area contributed by atoms with Crippen LogP contribution in [0.4, 0.5) is 5.69 Å². The topological polar surface area (TPSA) is 83.6 Å². The van der Waals surface area contributed by atoms with E-state index in [1.165, 1.54) is 4.31 Å². The van der Waals surface area contributed by atoms with Crippen molar-refractivity contribution in [2.45, 2.75) is 32.1 Å². The van der Waals surface area contributed by atoms with Gasteiger partial charge in [0.15, 0.2) is 0 Å². The zero-order valence-corrected chi connectivity index (χ0v) is 13.0. The van der Waals surface area contributed by atoms with Gasteiger partial charge in [-0.3, -0.25) is 0 Å². The van der Waals surface area contributed by atoms with Crippen LogP contribution in [0, 0.1) is 26.7 Å². The third kappa shape index (κ3) is 2.43. The molecule has 112 valence electrons. The lowest BCUT2D eigenvalue weighted by molar-refractivity contribution is 0.233. The molecule has 1 aliphatic heterocycles. The molecular weight excluding hydrogens is 276 g/mol. The molecule has 3 N–H and O–H groups in total. The Morgan fingerprint density at radius 1 is 1.35 bits per heavy atom. The second kappa shape index (κ2) is 5.35. The van der Waals surface area contributed by atoms with Gasteiger partial charge in [0, 0.05) is 25.4 Å². The molecule has 0 saturated carbocycles. The van der Waals surface area contributed by atoms with E-state index in [1.807, 2.05) is 13.0 Å². The fourth-order valence-corrected chi connectivity index (χ4v) is 4.85. The van der Waals surface area contributed by atoms with E-state index in [4.69, 9.17) is 10.8 Å². The lowest BCUT2D eigenvalue weighted by Crippen LogP contribution is -2.30. The van der Waals surface area contributed by atoms with Crippen LogP contribution in [0.5, 0.6) is 0 Å². The van der Waals surface area contributed by atoms with Crippen LogP contribution in [-0.4, -0.2) is 37.5 Å². The number of hydrogen-bond acceptors (Lipinski definition) is 4. The second-order valence-corrected chi connectivity index (χ2v) is 7.45. The van der Waals surface area contributed by atoms with E-state index in [0.29, 0.717) is 35.7 Å². The molecule has 1 heterocycles. The highest BCUT2D eigenvalue weighted by Crippen LogP contribution is 2.32. The quantitative estimate of drug-likeness (QED) is 0.821. The molecule has 1 aromatic rings. The predicted molar refractivity (Wildman–Crippen MR) is 79.0 cm³/mol. The van der Waals surface area contributed by atoms with Crippen molar-refractivity contribution >= 4 is 15.7 Å². The molecule has 1 unspecified atom stereocenters. The number of sulfonamides is 1. The van der Waals surface area contributed by atoms with Gasteiger partial charge in [-0.2, -0.15) is 4.31 Å². The number of benzene rings is 1. The first kappa shape index (κ1) is 15.3. The molecule has 0 aromatic heterocycles. The number of hydrogen-bond donors (Lipinski definition) is 2. The molecule has 0 spiro atoms. The molecule has 6 heteroatoms. The highest BCUT2D eigenvalue weighted by Gasteiger charge is 2.34. The molecule has 1 aliphatic rings. The van der Waals surface area contributed by atoms with Gasteiger partial charge in [-0.1, -0.05) is 6.07 Å². The van der Waals surface area contributed by atoms with Crippen LogP contribution < -0.4 is 5.73 Å². The van der Waals surface area contributed by atoms with Crippen LogP contribution in [0.2, 0.25) is 0 Å². The van der Waals surface area contributed by atoms with E-state index in [1.54, 1.807) is 13.8 Å². The van der Waals surface area contributed by atoms with Crippen molar-refractivity contribution in [2.24, 2.45) is 5.92 Å². The molecular formula is C14H22N2O3S. The fourth-order valence-electron chi connectivity index (χ4n) is 2.87. The van der Waals surface area contributed by atoms with Crippen molar-refractivity contribution in [3.63, 3.8) is 0 Å². The van der Waals surface area contributed by atoms with Crippen LogP contribution in [0.25, 0.3) is 0 Å². The number of aliphatic hydroxyl groups is 1. The Hall–Kier alpha value is -1.11. The van der Waals surface area contributed by atoms with Gasteiger partial charge in [0.1, 0.15) is 0 Å². The maximum atomic E-state index is 12.8. The number of nitrogens with two attached hydrogens (primary N) is 1. The van der Waals surface area contributed by atoms with Crippen LogP contribution >= 0.6 is 0 Å². The summed E-state index contributed by atoms with van der Waals surface area (Å²) in [6, 6.07) is 1.81. The minimum absolute atomic E-state index is 0.0278. The summed E-state index contributed by atoms with van der Waals surface area (Å²) in [5.41, 5.74) is 8.75. The average molecular weight is 298 g/mol. The number of rotatable bonds is 3. The summed E-state index contributed by atoms with van der Waals surface area (Å²) in [4.78, 5) is 0.319. The number of aliphatic hydroxyl groups excluding tert-OH is 1. The van der Waals surface area contributed by atoms with Crippen LogP contribution in [0.3, 0.4) is 0 Å². The van der Waals surface area contributed by atoms with Crippen molar-refractivity contribution in [3.8, 4) is 0 Å². The fraction of sp³-hybridized carbons (Fsp3) is 0.571. The average Bonchev–Trinajstić information content (AvgIpc) is 2.85. The zero-order valence-electron chi connectivity index (χ0n) is 12.2. The molecule has 20 heavy (non-hydrogen) atoms. The maximum absolute atomic E-state index is 12.8. The van der Waals surface area contributed by atoms with Crippen molar-refractivity contribution in [1.82, 2.24) is 4.31 Å². The van der Waals surface area contributed by atoms with Gasteiger partial charge >= 0.3 is 0 Å². The Labute approximate surface area is 120 Å². The second-order valence-electron chi connectivity index (χ2n) is 5.58. The maximum Gasteiger partial charge on any atom is 0.243 e. The van der Waals surface area contributed by atoms with Crippen molar-refractivity contribution in [1.29, 1.82) is 0 Å². The predicted octanol–water partition coefficient (Wildman–Crippen LogP) is 1.20. The molecule has 1 atom stereocenters. The lowest BCUT2D eigenvalue weighted by Gasteiger charge is -2.21. The Morgan fingerprint density at radius 3 is 2.55 bits per heavy atom. The van der Waals surface area contributed by atoms with E-state index in [-0.39, 0.29) is 12.5 Å². The molecule has 1 aromatic carbocycles. The van der Waals surface area contributed by atoms with Gasteiger partial charge in [-0.05, 0) is 49.8 Å². The monoisotopic (exact) mass is 298 g/mol. The van der Waals surface area contributed by atoms with E-state index in [2.05, 4.69) is 0 Å². The summed E-state index contributed by atoms with van der Waals surface area (Å²) >= 11 is 0. The molecule has 5 nitrogen and oxygen atoms in total. The minimum Gasteiger partial charge on any atom is -0.398 e. The third-order valence-electron chi connectivity index (χ3n) is 4.07. The van der Waals surface area contributed by atoms with Crippen molar-refractivity contribution < 1.29 is 13.5 Å². The van der Waals surface area contributed by atoms with Gasteiger partial charge in [0.2, 0.25) is 10.0 Å². The Balaban J connectivity index is 2.48. The molecule has 0 amide bonds. The molecule has 0 radical (unpaired) electrons. The summed E-state index contributed by atoms with van der Waals surface area (Å²) in [5.74, 6) is 0.0354. The smallest absolute Gasteiger partial charge is 0.243 e. The van der Waals surface area contributed by atoms with Crippen molar-refractivity contribution in [3.05, 3.63) is 22.8 Å². The molecule has 2 rings (SSSR count). The van der Waals surface area contributed by atoms with E-state index < -0.39 is 10.0 Å². The molecule has 1 fully saturated rings. The summed E-state index contributed by atoms with van der Waals surface area (Å²) in [6.45, 7) is 6.29. The first-order valence-electron chi connectivity index (χ1n) is 6.76. The molecule has 0 aliphatic carbocycles. The van der Waals surface area contributed by atoms with Gasteiger partial charge in [0.25, 0.3) is 0 Å². The first-order chi connectivity index (χ1) is 9.28. The summed E-state index contributed by atoms with van der Waals surface area (Å²) < 4.78 is 27.0. The number of nitrogen functional groups attached to an aromatic ring is 1. The Bertz CT molecular complexity index is 626. The number of anilines is 1. The molecule has 0 bridgehead atoms. The molecule has 1 saturated heterocycles. The Kier molecular flexibility index (Phi) is 4.09. The van der Waals surface area contributed by atoms with E-state index in [0.717, 1.165) is 11.1 Å². The van der Waals surface area contributed by atoms with Gasteiger partial charge < -0.3 is 10.8 Å². The Morgan fingerprint density at radius 2 is 2.00 bits per heavy atom. The SMILES string of the molecule is Cc1cc(C)c(S(=O)(=O)N2CCC(CO)C2)c(C)c1N. The summed E-state index contributed by atoms with van der Waals surface area (Å²) in [5, 5.41) is 9.17. The van der Waals surface area contributed by atoms with Gasteiger partial charge in [-0.25, -0.2) is 8.42 Å². The van der Waals surface area contributed by atoms with Crippen LogP contribution in [-0.2, 0) is 10.0 Å². The number of nitrogens with zero attached hydrogens (tertiary/aromatic N) is 1. The lowest BCUT2D eigenvalue weighted by atomic mass is 10.1. The van der Waals surface area contributed by atoms with Crippen LogP contribution in [0.1, 0.15) is 23.1 Å². The van der Waals surface area contributed by atoms with Gasteiger partial charge in [0.05, 0.1) is 4.90 Å². The summed E-state index contributed by atoms with van der Waals surface area (Å²) in [7, 11) is -3.54. The van der Waals surface area contributed by atoms with E-state index in [9.17, 15) is 8.42 Å². The first-order valence-corrected chi connectivity index (χ1v) is 8.20. The normalized spacial score (nSPS) is 20.5. The highest BCUT2D eigenvalue weighted by atomic mass is 32.2. The number of aryl methyl sites for hydroxylation is 2. The largest absolute Gasteiger partial charge is 0.398 e. The highest BCUT2D eigenvalue weighted by molar-refractivity contribution is 7.89. The minimum atomic E-state index is -3.54. The zero-order chi connectivity index (χ0) is 15.1. The third-order valence-corrected chi connectivity index (χ3v) is 6.22. The summed E-state index contributed by atoms with van der Waals surface area (Å²) in [6.07, 6.45) is 0.704.